The second-order valence-electron chi connectivity index (χ2n) is 6.29. The Labute approximate surface area is 178 Å². The SMILES string of the molecule is CC[C@@H](NC1=NS(=O)(=O)N=C1Nc1ccc(Cl)c(S(N)(=O)=O)c1O)c1ccccc1. The molecule has 5 N–H and O–H groups in total. The average Bonchev–Trinajstić information content (AvgIpc) is 2.95. The van der Waals surface area contributed by atoms with Crippen LogP contribution in [0.1, 0.15) is 24.9 Å². The predicted octanol–water partition coefficient (Wildman–Crippen LogP) is 1.90. The normalized spacial score (nSPS) is 16.5. The van der Waals surface area contributed by atoms with Gasteiger partial charge in [-0.2, -0.15) is 8.42 Å². The van der Waals surface area contributed by atoms with E-state index in [0.29, 0.717) is 6.42 Å². The van der Waals surface area contributed by atoms with Crippen LogP contribution in [0.15, 0.2) is 56.2 Å². The lowest BCUT2D eigenvalue weighted by Gasteiger charge is -2.19. The molecule has 2 aromatic carbocycles. The first-order chi connectivity index (χ1) is 14.0. The zero-order chi connectivity index (χ0) is 22.1. The number of phenolic OH excluding ortho intramolecular Hbond substituents is 1. The van der Waals surface area contributed by atoms with Gasteiger partial charge in [0.2, 0.25) is 10.0 Å². The third-order valence-corrected chi connectivity index (χ3v) is 6.42. The smallest absolute Gasteiger partial charge is 0.367 e. The Bertz CT molecular complexity index is 1240. The third-order valence-electron chi connectivity index (χ3n) is 4.18. The van der Waals surface area contributed by atoms with Gasteiger partial charge in [0.05, 0.1) is 16.8 Å². The molecule has 30 heavy (non-hydrogen) atoms. The van der Waals surface area contributed by atoms with E-state index in [1.807, 2.05) is 37.3 Å². The number of nitrogens with zero attached hydrogens (tertiary/aromatic N) is 2. The summed E-state index contributed by atoms with van der Waals surface area (Å²) in [6.07, 6.45) is 0.609. The van der Waals surface area contributed by atoms with Gasteiger partial charge < -0.3 is 15.7 Å². The number of anilines is 1. The highest BCUT2D eigenvalue weighted by molar-refractivity contribution is 7.90. The maximum Gasteiger partial charge on any atom is 0.367 e. The third kappa shape index (κ3) is 4.73. The number of benzene rings is 2. The Balaban J connectivity index is 1.95. The summed E-state index contributed by atoms with van der Waals surface area (Å²) in [6, 6.07) is 11.5. The van der Waals surface area contributed by atoms with Crippen LogP contribution in [0.5, 0.6) is 5.75 Å². The lowest BCUT2D eigenvalue weighted by Crippen LogP contribution is -2.36. The van der Waals surface area contributed by atoms with Gasteiger partial charge in [-0.05, 0) is 24.1 Å². The number of hydrogen-bond acceptors (Lipinski definition) is 7. The monoisotopic (exact) mass is 471 g/mol. The molecule has 10 nitrogen and oxygen atoms in total. The highest BCUT2D eigenvalue weighted by Crippen LogP contribution is 2.36. The van der Waals surface area contributed by atoms with Gasteiger partial charge in [-0.3, -0.25) is 0 Å². The first-order valence-corrected chi connectivity index (χ1v) is 11.9. The van der Waals surface area contributed by atoms with Crippen LogP contribution in [-0.2, 0) is 20.2 Å². The molecular weight excluding hydrogens is 454 g/mol. The summed E-state index contributed by atoms with van der Waals surface area (Å²) in [7, 11) is -8.50. The topological polar surface area (TPSA) is 163 Å². The van der Waals surface area contributed by atoms with Gasteiger partial charge in [-0.15, -0.1) is 8.80 Å². The van der Waals surface area contributed by atoms with E-state index in [1.165, 1.54) is 12.1 Å². The van der Waals surface area contributed by atoms with E-state index >= 15 is 0 Å². The molecule has 13 heteroatoms. The summed E-state index contributed by atoms with van der Waals surface area (Å²) in [6.45, 7) is 1.91. The molecule has 1 atom stereocenters. The quantitative estimate of drug-likeness (QED) is 0.483. The molecule has 0 spiro atoms. The van der Waals surface area contributed by atoms with Crippen molar-refractivity contribution in [1.82, 2.24) is 5.32 Å². The van der Waals surface area contributed by atoms with Crippen LogP contribution in [0, 0.1) is 0 Å². The number of phenols is 1. The largest absolute Gasteiger partial charge is 0.504 e. The Morgan fingerprint density at radius 2 is 1.77 bits per heavy atom. The second kappa shape index (κ2) is 8.22. The van der Waals surface area contributed by atoms with E-state index in [4.69, 9.17) is 16.7 Å². The highest BCUT2D eigenvalue weighted by Gasteiger charge is 2.28. The van der Waals surface area contributed by atoms with Gasteiger partial charge in [-0.1, -0.05) is 48.9 Å². The number of hydrogen-bond donors (Lipinski definition) is 4. The first-order valence-electron chi connectivity index (χ1n) is 8.60. The minimum absolute atomic E-state index is 0.0859. The fraction of sp³-hybridized carbons (Fsp3) is 0.176. The Morgan fingerprint density at radius 1 is 1.13 bits per heavy atom. The van der Waals surface area contributed by atoms with Gasteiger partial charge in [0.15, 0.2) is 17.4 Å². The number of rotatable bonds is 5. The Morgan fingerprint density at radius 3 is 2.37 bits per heavy atom. The molecule has 1 aliphatic rings. The number of halogens is 1. The van der Waals surface area contributed by atoms with Gasteiger partial charge in [0, 0.05) is 0 Å². The number of nitrogens with two attached hydrogens (primary N) is 1. The van der Waals surface area contributed by atoms with E-state index < -0.39 is 30.9 Å². The van der Waals surface area contributed by atoms with Gasteiger partial charge >= 0.3 is 10.2 Å². The van der Waals surface area contributed by atoms with Crippen LogP contribution in [-0.4, -0.2) is 33.6 Å². The van der Waals surface area contributed by atoms with E-state index in [2.05, 4.69) is 19.4 Å². The number of sulfonamides is 1. The van der Waals surface area contributed by atoms with Gasteiger partial charge in [-0.25, -0.2) is 13.6 Å². The van der Waals surface area contributed by atoms with Crippen LogP contribution in [0.3, 0.4) is 0 Å². The number of amidine groups is 2. The summed E-state index contributed by atoms with van der Waals surface area (Å²) in [5, 5.41) is 20.7. The summed E-state index contributed by atoms with van der Waals surface area (Å²) in [4.78, 5) is -0.696. The molecule has 0 amide bonds. The van der Waals surface area contributed by atoms with E-state index in [0.717, 1.165) is 5.56 Å². The maximum atomic E-state index is 12.0. The van der Waals surface area contributed by atoms with Crippen molar-refractivity contribution in [3.8, 4) is 5.75 Å². The van der Waals surface area contributed by atoms with Crippen molar-refractivity contribution in [3.63, 3.8) is 0 Å². The zero-order valence-electron chi connectivity index (χ0n) is 15.6. The summed E-state index contributed by atoms with van der Waals surface area (Å²) in [5.74, 6) is -1.08. The van der Waals surface area contributed by atoms with E-state index in [1.54, 1.807) is 0 Å². The van der Waals surface area contributed by atoms with Crippen molar-refractivity contribution in [1.29, 1.82) is 0 Å². The minimum Gasteiger partial charge on any atom is -0.504 e. The molecule has 1 aliphatic heterocycles. The molecule has 0 aromatic heterocycles. The molecule has 0 saturated carbocycles. The molecule has 0 bridgehead atoms. The summed E-state index contributed by atoms with van der Waals surface area (Å²) >= 11 is 5.82. The Kier molecular flexibility index (Phi) is 6.04. The standard InChI is InChI=1S/C17H18ClN5O5S2/c1-2-12(10-6-4-3-5-7-10)20-16-17(23-30(27,28)22-16)21-13-9-8-11(18)15(14(13)24)29(19,25)26/h3-9,12,24H,2H2,1H3,(H,20,22)(H,21,23)(H2,19,25,26)/t12-/m1/s1. The Hall–Kier alpha value is -2.67. The molecule has 0 saturated heterocycles. The minimum atomic E-state index is -4.34. The van der Waals surface area contributed by atoms with Crippen molar-refractivity contribution < 1.29 is 21.9 Å². The number of nitrogens with one attached hydrogen (secondary N) is 2. The lowest BCUT2D eigenvalue weighted by atomic mass is 10.0. The van der Waals surface area contributed by atoms with Gasteiger partial charge in [0.1, 0.15) is 4.90 Å². The molecule has 2 aromatic rings. The maximum absolute atomic E-state index is 12.0. The van der Waals surface area contributed by atoms with Crippen molar-refractivity contribution >= 4 is 49.2 Å². The zero-order valence-corrected chi connectivity index (χ0v) is 18.0. The summed E-state index contributed by atoms with van der Waals surface area (Å²) < 4.78 is 54.5. The predicted molar refractivity (Wildman–Crippen MR) is 115 cm³/mol. The molecule has 160 valence electrons. The molecular formula is C17H18ClN5O5S2. The fourth-order valence-electron chi connectivity index (χ4n) is 2.83. The molecule has 0 radical (unpaired) electrons. The molecule has 0 aliphatic carbocycles. The first kappa shape index (κ1) is 22.0. The van der Waals surface area contributed by atoms with Crippen molar-refractivity contribution in [3.05, 3.63) is 53.1 Å². The van der Waals surface area contributed by atoms with Crippen LogP contribution in [0.4, 0.5) is 5.69 Å². The van der Waals surface area contributed by atoms with E-state index in [9.17, 15) is 21.9 Å². The highest BCUT2D eigenvalue weighted by atomic mass is 35.5. The van der Waals surface area contributed by atoms with Crippen LogP contribution in [0.2, 0.25) is 5.02 Å². The molecule has 0 fully saturated rings. The summed E-state index contributed by atoms with van der Waals surface area (Å²) in [5.41, 5.74) is 0.735. The van der Waals surface area contributed by atoms with Crippen molar-refractivity contribution in [2.24, 2.45) is 13.9 Å². The molecule has 3 rings (SSSR count). The van der Waals surface area contributed by atoms with Crippen molar-refractivity contribution in [2.75, 3.05) is 5.32 Å². The lowest BCUT2D eigenvalue weighted by molar-refractivity contribution is 0.461. The van der Waals surface area contributed by atoms with Crippen molar-refractivity contribution in [2.45, 2.75) is 24.3 Å². The molecule has 0 unspecified atom stereocenters. The number of aromatic hydroxyl groups is 1. The second-order valence-corrected chi connectivity index (χ2v) is 9.45. The van der Waals surface area contributed by atoms with Crippen LogP contribution < -0.4 is 15.8 Å². The van der Waals surface area contributed by atoms with E-state index in [-0.39, 0.29) is 28.4 Å². The average molecular weight is 472 g/mol. The fourth-order valence-corrected chi connectivity index (χ4v) is 4.80. The van der Waals surface area contributed by atoms with Crippen LogP contribution >= 0.6 is 11.6 Å². The number of primary sulfonamides is 1. The molecule has 1 heterocycles. The van der Waals surface area contributed by atoms with Crippen LogP contribution in [0.25, 0.3) is 0 Å². The van der Waals surface area contributed by atoms with Gasteiger partial charge in [0.25, 0.3) is 0 Å².